The Morgan fingerprint density at radius 2 is 1.84 bits per heavy atom. The third-order valence-electron chi connectivity index (χ3n) is 3.76. The Bertz CT molecular complexity index is 546. The second-order valence-electron chi connectivity index (χ2n) is 5.21. The predicted molar refractivity (Wildman–Crippen MR) is 77.5 cm³/mol. The van der Waals surface area contributed by atoms with Gasteiger partial charge in [-0.2, -0.15) is 0 Å². The van der Waals surface area contributed by atoms with Crippen LogP contribution in [0.3, 0.4) is 0 Å². The van der Waals surface area contributed by atoms with Crippen molar-refractivity contribution < 1.29 is 9.21 Å². The van der Waals surface area contributed by atoms with E-state index in [1.807, 2.05) is 44.2 Å². The van der Waals surface area contributed by atoms with Crippen LogP contribution in [0.1, 0.15) is 38.2 Å². The highest BCUT2D eigenvalue weighted by Crippen LogP contribution is 2.25. The van der Waals surface area contributed by atoms with E-state index in [-0.39, 0.29) is 5.78 Å². The molecule has 0 radical (unpaired) electrons. The van der Waals surface area contributed by atoms with Crippen molar-refractivity contribution in [1.82, 2.24) is 4.90 Å². The molecule has 1 heterocycles. The summed E-state index contributed by atoms with van der Waals surface area (Å²) in [6.07, 6.45) is 0. The summed E-state index contributed by atoms with van der Waals surface area (Å²) in [5, 5.41) is 0.973. The summed E-state index contributed by atoms with van der Waals surface area (Å²) < 4.78 is 5.68. The summed E-state index contributed by atoms with van der Waals surface area (Å²) in [6, 6.07) is 9.54. The summed E-state index contributed by atoms with van der Waals surface area (Å²) in [5.41, 5.74) is 0.221. The molecule has 0 aliphatic rings. The van der Waals surface area contributed by atoms with Crippen molar-refractivity contribution in [3.63, 3.8) is 0 Å². The topological polar surface area (TPSA) is 33.5 Å². The van der Waals surface area contributed by atoms with Crippen molar-refractivity contribution in [2.75, 3.05) is 13.1 Å². The highest BCUT2D eigenvalue weighted by molar-refractivity contribution is 6.03. The molecule has 1 aromatic carbocycles. The smallest absolute Gasteiger partial charge is 0.217 e. The van der Waals surface area contributed by atoms with Gasteiger partial charge in [0.15, 0.2) is 5.76 Å². The zero-order chi connectivity index (χ0) is 14.0. The monoisotopic (exact) mass is 259 g/mol. The number of ketones is 1. The molecule has 1 aromatic heterocycles. The van der Waals surface area contributed by atoms with Gasteiger partial charge in [0.2, 0.25) is 5.78 Å². The number of furan rings is 1. The number of hydrogen-bond donors (Lipinski definition) is 0. The molecular weight excluding hydrogens is 238 g/mol. The highest BCUT2D eigenvalue weighted by atomic mass is 16.3. The molecule has 0 N–H and O–H groups in total. The second kappa shape index (κ2) is 5.17. The lowest BCUT2D eigenvalue weighted by Gasteiger charge is -2.34. The fourth-order valence-electron chi connectivity index (χ4n) is 2.55. The van der Waals surface area contributed by atoms with Crippen LogP contribution >= 0.6 is 0 Å². The number of likely N-dealkylation sites (N-methyl/N-ethyl adjacent to an activating group) is 1. The molecule has 0 spiro atoms. The fraction of sp³-hybridized carbons (Fsp3) is 0.438. The predicted octanol–water partition coefficient (Wildman–Crippen LogP) is 3.74. The van der Waals surface area contributed by atoms with Crippen LogP contribution < -0.4 is 0 Å². The second-order valence-corrected chi connectivity index (χ2v) is 5.21. The fourth-order valence-corrected chi connectivity index (χ4v) is 2.55. The molecule has 2 aromatic rings. The number of benzene rings is 1. The van der Waals surface area contributed by atoms with E-state index in [4.69, 9.17) is 4.42 Å². The summed E-state index contributed by atoms with van der Waals surface area (Å²) >= 11 is 0. The van der Waals surface area contributed by atoms with Crippen LogP contribution in [-0.2, 0) is 0 Å². The van der Waals surface area contributed by atoms with Crippen LogP contribution in [0.15, 0.2) is 34.7 Å². The Morgan fingerprint density at radius 1 is 1.21 bits per heavy atom. The molecular formula is C16H21NO2. The van der Waals surface area contributed by atoms with E-state index in [2.05, 4.69) is 18.7 Å². The van der Waals surface area contributed by atoms with Gasteiger partial charge in [0.25, 0.3) is 0 Å². The standard InChI is InChI=1S/C16H21NO2/c1-5-17(6-2)16(3,4)15(18)14-11-12-9-7-8-10-13(12)19-14/h7-11H,5-6H2,1-4H3. The van der Waals surface area contributed by atoms with Crippen LogP contribution in [0.2, 0.25) is 0 Å². The summed E-state index contributed by atoms with van der Waals surface area (Å²) in [6.45, 7) is 9.73. The number of nitrogens with zero attached hydrogens (tertiary/aromatic N) is 1. The molecule has 0 aliphatic heterocycles. The molecule has 0 saturated heterocycles. The molecule has 0 amide bonds. The Labute approximate surface area is 114 Å². The van der Waals surface area contributed by atoms with E-state index in [9.17, 15) is 4.79 Å². The van der Waals surface area contributed by atoms with Crippen molar-refractivity contribution in [3.8, 4) is 0 Å². The number of fused-ring (bicyclic) bond motifs is 1. The Balaban J connectivity index is 2.37. The van der Waals surface area contributed by atoms with Gasteiger partial charge in [0, 0.05) is 5.39 Å². The number of carbonyl (C=O) groups is 1. The van der Waals surface area contributed by atoms with Crippen molar-refractivity contribution >= 4 is 16.8 Å². The van der Waals surface area contributed by atoms with E-state index >= 15 is 0 Å². The first-order chi connectivity index (χ1) is 9.00. The molecule has 0 unspecified atom stereocenters. The molecule has 0 fully saturated rings. The van der Waals surface area contributed by atoms with Gasteiger partial charge in [0.05, 0.1) is 5.54 Å². The number of carbonyl (C=O) groups excluding carboxylic acids is 1. The minimum absolute atomic E-state index is 0.0346. The lowest BCUT2D eigenvalue weighted by Crippen LogP contribution is -2.49. The van der Waals surface area contributed by atoms with Crippen LogP contribution in [-0.4, -0.2) is 29.3 Å². The molecule has 0 bridgehead atoms. The SMILES string of the molecule is CCN(CC)C(C)(C)C(=O)c1cc2ccccc2o1. The van der Waals surface area contributed by atoms with E-state index in [0.29, 0.717) is 5.76 Å². The van der Waals surface area contributed by atoms with E-state index in [1.54, 1.807) is 0 Å². The maximum Gasteiger partial charge on any atom is 0.217 e. The zero-order valence-corrected chi connectivity index (χ0v) is 12.1. The van der Waals surface area contributed by atoms with Crippen molar-refractivity contribution in [2.24, 2.45) is 0 Å². The summed E-state index contributed by atoms with van der Waals surface area (Å²) in [5.74, 6) is 0.477. The average molecular weight is 259 g/mol. The van der Waals surface area contributed by atoms with Gasteiger partial charge >= 0.3 is 0 Å². The maximum atomic E-state index is 12.7. The van der Waals surface area contributed by atoms with Crippen molar-refractivity contribution in [2.45, 2.75) is 33.2 Å². The zero-order valence-electron chi connectivity index (χ0n) is 12.1. The van der Waals surface area contributed by atoms with Crippen LogP contribution in [0.25, 0.3) is 11.0 Å². The normalized spacial score (nSPS) is 12.3. The first-order valence-corrected chi connectivity index (χ1v) is 6.79. The minimum atomic E-state index is -0.544. The molecule has 3 nitrogen and oxygen atoms in total. The molecule has 102 valence electrons. The van der Waals surface area contributed by atoms with Gasteiger partial charge in [-0.1, -0.05) is 32.0 Å². The molecule has 2 rings (SSSR count). The number of hydrogen-bond acceptors (Lipinski definition) is 3. The Hall–Kier alpha value is -1.61. The van der Waals surface area contributed by atoms with Crippen molar-refractivity contribution in [1.29, 1.82) is 0 Å². The van der Waals surface area contributed by atoms with Gasteiger partial charge < -0.3 is 4.42 Å². The van der Waals surface area contributed by atoms with Gasteiger partial charge in [0.1, 0.15) is 5.58 Å². The van der Waals surface area contributed by atoms with E-state index < -0.39 is 5.54 Å². The quantitative estimate of drug-likeness (QED) is 0.767. The molecule has 0 aliphatic carbocycles. The number of rotatable bonds is 5. The molecule has 19 heavy (non-hydrogen) atoms. The summed E-state index contributed by atoms with van der Waals surface area (Å²) in [7, 11) is 0. The minimum Gasteiger partial charge on any atom is -0.453 e. The highest BCUT2D eigenvalue weighted by Gasteiger charge is 2.35. The molecule has 3 heteroatoms. The maximum absolute atomic E-state index is 12.7. The number of Topliss-reactive ketones (excluding diaryl/α,β-unsaturated/α-hetero) is 1. The first kappa shape index (κ1) is 13.8. The lowest BCUT2D eigenvalue weighted by atomic mass is 9.94. The Morgan fingerprint density at radius 3 is 2.42 bits per heavy atom. The summed E-state index contributed by atoms with van der Waals surface area (Å²) in [4.78, 5) is 14.8. The third-order valence-corrected chi connectivity index (χ3v) is 3.76. The first-order valence-electron chi connectivity index (χ1n) is 6.79. The van der Waals surface area contributed by atoms with Crippen LogP contribution in [0, 0.1) is 0 Å². The lowest BCUT2D eigenvalue weighted by molar-refractivity contribution is 0.0641. The average Bonchev–Trinajstić information content (AvgIpc) is 2.82. The Kier molecular flexibility index (Phi) is 3.76. The van der Waals surface area contributed by atoms with Gasteiger partial charge in [-0.3, -0.25) is 9.69 Å². The van der Waals surface area contributed by atoms with Gasteiger partial charge in [-0.25, -0.2) is 0 Å². The van der Waals surface area contributed by atoms with Crippen molar-refractivity contribution in [3.05, 3.63) is 36.1 Å². The van der Waals surface area contributed by atoms with E-state index in [0.717, 1.165) is 24.1 Å². The van der Waals surface area contributed by atoms with Gasteiger partial charge in [-0.05, 0) is 39.1 Å². The van der Waals surface area contributed by atoms with Gasteiger partial charge in [-0.15, -0.1) is 0 Å². The largest absolute Gasteiger partial charge is 0.453 e. The molecule has 0 atom stereocenters. The number of para-hydroxylation sites is 1. The van der Waals surface area contributed by atoms with Crippen LogP contribution in [0.4, 0.5) is 0 Å². The third kappa shape index (κ3) is 2.43. The molecule has 0 saturated carbocycles. The van der Waals surface area contributed by atoms with E-state index in [1.165, 1.54) is 0 Å². The van der Waals surface area contributed by atoms with Crippen LogP contribution in [0.5, 0.6) is 0 Å².